The molecule has 0 aliphatic rings. The number of halogens is 1. The Hall–Kier alpha value is -1.94. The van der Waals surface area contributed by atoms with E-state index in [-0.39, 0.29) is 14.7 Å². The number of sulfonamides is 1. The molecular weight excluding hydrogens is 390 g/mol. The van der Waals surface area contributed by atoms with Gasteiger partial charge in [-0.25, -0.2) is 16.8 Å². The Morgan fingerprint density at radius 2 is 1.56 bits per heavy atom. The molecule has 0 bridgehead atoms. The van der Waals surface area contributed by atoms with E-state index < -0.39 is 32.4 Å². The van der Waals surface area contributed by atoms with Crippen LogP contribution in [0.3, 0.4) is 0 Å². The number of carboxylic acids is 1. The third kappa shape index (κ3) is 4.18. The third-order valence-corrected chi connectivity index (χ3v) is 7.12. The highest BCUT2D eigenvalue weighted by Crippen LogP contribution is 2.25. The van der Waals surface area contributed by atoms with Gasteiger partial charge in [0.2, 0.25) is 19.9 Å². The summed E-state index contributed by atoms with van der Waals surface area (Å²) in [5.74, 6) is -1.32. The standard InChI is InChI=1S/C15H14ClNO6S2/c1-17(10-15(18)19)25(22,23)14-4-2-3-13(9-14)24(20,21)12-7-5-11(16)6-8-12/h2-9H,10H2,1H3,(H,18,19). The first-order valence-corrected chi connectivity index (χ1v) is 10.1. The van der Waals surface area contributed by atoms with Crippen molar-refractivity contribution >= 4 is 37.4 Å². The second kappa shape index (κ2) is 7.12. The lowest BCUT2D eigenvalue weighted by Crippen LogP contribution is -2.32. The molecule has 0 unspecified atom stereocenters. The molecule has 7 nitrogen and oxygen atoms in total. The number of hydrogen-bond donors (Lipinski definition) is 1. The van der Waals surface area contributed by atoms with Crippen LogP contribution in [0.15, 0.2) is 63.2 Å². The maximum atomic E-state index is 12.6. The van der Waals surface area contributed by atoms with E-state index in [0.717, 1.165) is 13.1 Å². The van der Waals surface area contributed by atoms with Crippen molar-refractivity contribution in [3.05, 3.63) is 53.6 Å². The van der Waals surface area contributed by atoms with Crippen LogP contribution >= 0.6 is 11.6 Å². The highest BCUT2D eigenvalue weighted by molar-refractivity contribution is 7.91. The van der Waals surface area contributed by atoms with Gasteiger partial charge < -0.3 is 5.11 Å². The first-order chi connectivity index (χ1) is 11.5. The molecule has 2 rings (SSSR count). The van der Waals surface area contributed by atoms with E-state index in [4.69, 9.17) is 16.7 Å². The van der Waals surface area contributed by atoms with Crippen LogP contribution in [0.5, 0.6) is 0 Å². The first kappa shape index (κ1) is 19.4. The van der Waals surface area contributed by atoms with Gasteiger partial charge in [0.05, 0.1) is 14.7 Å². The molecule has 25 heavy (non-hydrogen) atoms. The number of carbonyl (C=O) groups is 1. The number of sulfone groups is 1. The van der Waals surface area contributed by atoms with Crippen molar-refractivity contribution in [3.8, 4) is 0 Å². The van der Waals surface area contributed by atoms with Crippen LogP contribution in [-0.2, 0) is 24.7 Å². The normalized spacial score (nSPS) is 12.3. The summed E-state index contributed by atoms with van der Waals surface area (Å²) in [4.78, 5) is 10.1. The fraction of sp³-hybridized carbons (Fsp3) is 0.133. The smallest absolute Gasteiger partial charge is 0.318 e. The molecule has 0 saturated heterocycles. The highest BCUT2D eigenvalue weighted by Gasteiger charge is 2.25. The Labute approximate surface area is 150 Å². The average Bonchev–Trinajstić information content (AvgIpc) is 2.54. The Morgan fingerprint density at radius 1 is 1.00 bits per heavy atom. The van der Waals surface area contributed by atoms with Crippen LogP contribution in [0.2, 0.25) is 5.02 Å². The summed E-state index contributed by atoms with van der Waals surface area (Å²) in [5, 5.41) is 9.10. The number of rotatable bonds is 6. The van der Waals surface area contributed by atoms with Gasteiger partial charge in [-0.05, 0) is 42.5 Å². The van der Waals surface area contributed by atoms with Gasteiger partial charge in [-0.3, -0.25) is 4.79 Å². The van der Waals surface area contributed by atoms with Gasteiger partial charge >= 0.3 is 5.97 Å². The Bertz CT molecular complexity index is 1000. The summed E-state index contributed by atoms with van der Waals surface area (Å²) in [7, 11) is -6.98. The first-order valence-electron chi connectivity index (χ1n) is 6.84. The van der Waals surface area contributed by atoms with Crippen LogP contribution < -0.4 is 0 Å². The maximum absolute atomic E-state index is 12.6. The molecule has 10 heteroatoms. The average molecular weight is 404 g/mol. The van der Waals surface area contributed by atoms with E-state index in [0.29, 0.717) is 9.33 Å². The number of hydrogen-bond acceptors (Lipinski definition) is 5. The van der Waals surface area contributed by atoms with Gasteiger partial charge in [0.25, 0.3) is 0 Å². The molecule has 0 heterocycles. The van der Waals surface area contributed by atoms with Gasteiger partial charge in [-0.15, -0.1) is 0 Å². The molecule has 0 aromatic heterocycles. The topological polar surface area (TPSA) is 109 Å². The molecule has 134 valence electrons. The van der Waals surface area contributed by atoms with E-state index in [9.17, 15) is 21.6 Å². The number of benzene rings is 2. The van der Waals surface area contributed by atoms with E-state index >= 15 is 0 Å². The lowest BCUT2D eigenvalue weighted by Gasteiger charge is -2.15. The third-order valence-electron chi connectivity index (χ3n) is 3.31. The zero-order chi connectivity index (χ0) is 18.8. The van der Waals surface area contributed by atoms with Crippen molar-refractivity contribution in [2.24, 2.45) is 0 Å². The number of aliphatic carboxylic acids is 1. The molecule has 0 atom stereocenters. The van der Waals surface area contributed by atoms with E-state index in [2.05, 4.69) is 0 Å². The maximum Gasteiger partial charge on any atom is 0.318 e. The molecule has 0 saturated carbocycles. The minimum Gasteiger partial charge on any atom is -0.480 e. The van der Waals surface area contributed by atoms with Crippen LogP contribution in [0.4, 0.5) is 0 Å². The second-order valence-corrected chi connectivity index (χ2v) is 9.52. The minimum absolute atomic E-state index is 0.0367. The SMILES string of the molecule is CN(CC(=O)O)S(=O)(=O)c1cccc(S(=O)(=O)c2ccc(Cl)cc2)c1. The Kier molecular flexibility index (Phi) is 5.52. The lowest BCUT2D eigenvalue weighted by atomic mass is 10.4. The molecule has 2 aromatic rings. The van der Waals surface area contributed by atoms with Crippen molar-refractivity contribution in [2.75, 3.05) is 13.6 Å². The summed E-state index contributed by atoms with van der Waals surface area (Å²) in [6.45, 7) is -0.740. The van der Waals surface area contributed by atoms with Crippen molar-refractivity contribution in [1.82, 2.24) is 4.31 Å². The lowest BCUT2D eigenvalue weighted by molar-refractivity contribution is -0.137. The quantitative estimate of drug-likeness (QED) is 0.788. The van der Waals surface area contributed by atoms with Crippen molar-refractivity contribution in [2.45, 2.75) is 14.7 Å². The summed E-state index contributed by atoms with van der Waals surface area (Å²) in [6, 6.07) is 10.2. The van der Waals surface area contributed by atoms with Gasteiger partial charge in [-0.2, -0.15) is 4.31 Å². The van der Waals surface area contributed by atoms with Gasteiger partial charge in [0, 0.05) is 12.1 Å². The minimum atomic E-state index is -4.14. The highest BCUT2D eigenvalue weighted by atomic mass is 35.5. The summed E-state index contributed by atoms with van der Waals surface area (Å²) in [5.41, 5.74) is 0. The Balaban J connectivity index is 2.48. The molecule has 1 N–H and O–H groups in total. The number of likely N-dealkylation sites (N-methyl/N-ethyl adjacent to an activating group) is 1. The van der Waals surface area contributed by atoms with Crippen LogP contribution in [-0.4, -0.2) is 45.8 Å². The summed E-state index contributed by atoms with van der Waals surface area (Å²) >= 11 is 5.74. The van der Waals surface area contributed by atoms with Gasteiger partial charge in [0.1, 0.15) is 6.54 Å². The number of nitrogens with zero attached hydrogens (tertiary/aromatic N) is 1. The van der Waals surface area contributed by atoms with Gasteiger partial charge in [0.15, 0.2) is 0 Å². The Morgan fingerprint density at radius 3 is 2.12 bits per heavy atom. The number of carboxylic acid groups (broad SMARTS) is 1. The summed E-state index contributed by atoms with van der Waals surface area (Å²) < 4.78 is 50.6. The zero-order valence-electron chi connectivity index (χ0n) is 13.0. The van der Waals surface area contributed by atoms with E-state index in [1.54, 1.807) is 0 Å². The van der Waals surface area contributed by atoms with Crippen molar-refractivity contribution in [1.29, 1.82) is 0 Å². The van der Waals surface area contributed by atoms with Crippen LogP contribution in [0.25, 0.3) is 0 Å². The van der Waals surface area contributed by atoms with Crippen molar-refractivity contribution in [3.63, 3.8) is 0 Å². The van der Waals surface area contributed by atoms with Gasteiger partial charge in [-0.1, -0.05) is 17.7 Å². The zero-order valence-corrected chi connectivity index (χ0v) is 15.3. The molecule has 2 aromatic carbocycles. The molecule has 0 aliphatic heterocycles. The predicted molar refractivity (Wildman–Crippen MR) is 90.8 cm³/mol. The molecular formula is C15H14ClNO6S2. The molecule has 0 aliphatic carbocycles. The summed E-state index contributed by atoms with van der Waals surface area (Å²) in [6.07, 6.45) is 0. The van der Waals surface area contributed by atoms with E-state index in [1.165, 1.54) is 42.5 Å². The molecule has 0 radical (unpaired) electrons. The molecule has 0 fully saturated rings. The van der Waals surface area contributed by atoms with E-state index in [1.807, 2.05) is 0 Å². The van der Waals surface area contributed by atoms with Crippen LogP contribution in [0, 0.1) is 0 Å². The monoisotopic (exact) mass is 403 g/mol. The predicted octanol–water partition coefficient (Wildman–Crippen LogP) is 1.88. The molecule has 0 spiro atoms. The fourth-order valence-electron chi connectivity index (χ4n) is 2.01. The second-order valence-electron chi connectivity index (χ2n) is 5.09. The van der Waals surface area contributed by atoms with Crippen LogP contribution in [0.1, 0.15) is 0 Å². The largest absolute Gasteiger partial charge is 0.480 e. The fourth-order valence-corrected chi connectivity index (χ4v) is 4.68. The molecule has 0 amide bonds. The van der Waals surface area contributed by atoms with Crippen molar-refractivity contribution < 1.29 is 26.7 Å².